The van der Waals surface area contributed by atoms with E-state index in [4.69, 9.17) is 45.3 Å². The highest BCUT2D eigenvalue weighted by Gasteiger charge is 2.65. The minimum absolute atomic E-state index is 0.00249. The van der Waals surface area contributed by atoms with Gasteiger partial charge in [-0.2, -0.15) is 0 Å². The Labute approximate surface area is 352 Å². The summed E-state index contributed by atoms with van der Waals surface area (Å²) in [5.74, 6) is 0.267. The number of amides is 1. The molecule has 6 atom stereocenters. The van der Waals surface area contributed by atoms with Crippen LogP contribution in [0.5, 0.6) is 11.5 Å². The smallest absolute Gasteiger partial charge is 0.410 e. The van der Waals surface area contributed by atoms with Crippen molar-refractivity contribution < 1.29 is 48.6 Å². The number of aliphatic hydroxyl groups excluding tert-OH is 3. The number of halogens is 1. The van der Waals surface area contributed by atoms with Crippen LogP contribution < -0.4 is 9.47 Å². The zero-order valence-corrected chi connectivity index (χ0v) is 35.3. The summed E-state index contributed by atoms with van der Waals surface area (Å²) in [6, 6.07) is 15.4. The molecule has 0 spiro atoms. The average Bonchev–Trinajstić information content (AvgIpc) is 3.24. The van der Waals surface area contributed by atoms with Gasteiger partial charge in [0, 0.05) is 48.3 Å². The van der Waals surface area contributed by atoms with E-state index in [1.165, 1.54) is 4.90 Å². The molecule has 0 radical (unpaired) electrons. The van der Waals surface area contributed by atoms with Gasteiger partial charge in [-0.3, -0.25) is 4.90 Å². The lowest BCUT2D eigenvalue weighted by molar-refractivity contribution is -0.256. The molecule has 12 nitrogen and oxygen atoms in total. The molecule has 3 N–H and O–H groups in total. The van der Waals surface area contributed by atoms with Crippen LogP contribution in [0.15, 0.2) is 82.9 Å². The standard InChI is InChI=1S/C44H61ClN2O10S/c1-3-23-55-44-40(47(19-25-52-26-22-50)43(51)54-24-18-45)31-38(46-56-4-2)36-29-32(12-8-10-20-48)35(15-9-11-21-49)41(42(36)44)37-30-33(16-17-39(37)57-44)53-27-28-58-34-13-6-5-7-14-34/h3,5-7,13-14,16-17,29-30,32,35,40-42,48-50H,1,4,8-12,15,18-28,31H2,2H3. The first-order valence-electron chi connectivity index (χ1n) is 20.6. The topological polar surface area (TPSA) is 149 Å². The summed E-state index contributed by atoms with van der Waals surface area (Å²) < 4.78 is 32.0. The molecule has 1 saturated carbocycles. The molecule has 320 valence electrons. The molecular weight excluding hydrogens is 784 g/mol. The van der Waals surface area contributed by atoms with Gasteiger partial charge in [0.15, 0.2) is 0 Å². The van der Waals surface area contributed by atoms with E-state index >= 15 is 0 Å². The number of aliphatic hydroxyl groups is 3. The number of oxime groups is 1. The van der Waals surface area contributed by atoms with E-state index in [2.05, 4.69) is 30.9 Å². The third kappa shape index (κ3) is 11.5. The molecule has 3 aliphatic rings. The van der Waals surface area contributed by atoms with Gasteiger partial charge < -0.3 is 43.8 Å². The van der Waals surface area contributed by atoms with Gasteiger partial charge in [0.25, 0.3) is 0 Å². The Bertz CT molecular complexity index is 1630. The number of hydrogen-bond acceptors (Lipinski definition) is 12. The molecule has 58 heavy (non-hydrogen) atoms. The molecule has 1 heterocycles. The van der Waals surface area contributed by atoms with Crippen LogP contribution in [0.4, 0.5) is 4.79 Å². The fourth-order valence-corrected chi connectivity index (χ4v) is 9.46. The van der Waals surface area contributed by atoms with Gasteiger partial charge in [0.2, 0.25) is 5.79 Å². The summed E-state index contributed by atoms with van der Waals surface area (Å²) >= 11 is 7.74. The Morgan fingerprint density at radius 1 is 1.03 bits per heavy atom. The maximum atomic E-state index is 14.1. The SMILES string of the molecule is C=CCOC12Oc3ccc(OCCSc4ccccc4)cc3C3C(CCCCO)C(CCCCO)C=C(C(=NOCC)CC1N(CCOCCO)C(=O)OCCCl)C32. The number of alkyl halides is 1. The Morgan fingerprint density at radius 2 is 1.83 bits per heavy atom. The molecule has 2 aliphatic carbocycles. The predicted molar refractivity (Wildman–Crippen MR) is 226 cm³/mol. The number of hydrogen-bond donors (Lipinski definition) is 3. The summed E-state index contributed by atoms with van der Waals surface area (Å²) in [5.41, 5.74) is 2.60. The number of fused-ring (bicyclic) bond motifs is 2. The molecule has 0 bridgehead atoms. The molecule has 1 amide bonds. The second-order valence-corrected chi connectivity index (χ2v) is 16.1. The van der Waals surface area contributed by atoms with Crippen molar-refractivity contribution in [3.8, 4) is 11.5 Å². The first kappa shape index (κ1) is 45.8. The monoisotopic (exact) mass is 844 g/mol. The quantitative estimate of drug-likeness (QED) is 0.0291. The van der Waals surface area contributed by atoms with E-state index in [-0.39, 0.29) is 82.8 Å². The van der Waals surface area contributed by atoms with Crippen molar-refractivity contribution >= 4 is 35.2 Å². The third-order valence-corrected chi connectivity index (χ3v) is 12.1. The Balaban J connectivity index is 1.67. The van der Waals surface area contributed by atoms with Crippen LogP contribution in [0.1, 0.15) is 63.4 Å². The molecule has 14 heteroatoms. The first-order valence-corrected chi connectivity index (χ1v) is 22.2. The van der Waals surface area contributed by atoms with Crippen LogP contribution in [-0.2, 0) is 19.0 Å². The fraction of sp³-hybridized carbons (Fsp3) is 0.591. The minimum atomic E-state index is -1.44. The number of benzene rings is 2. The van der Waals surface area contributed by atoms with Crippen LogP contribution in [0.2, 0.25) is 0 Å². The molecule has 2 aromatic rings. The van der Waals surface area contributed by atoms with Crippen LogP contribution >= 0.6 is 23.4 Å². The number of carbonyl (C=O) groups is 1. The number of carbonyl (C=O) groups excluding carboxylic acids is 1. The van der Waals surface area contributed by atoms with Crippen molar-refractivity contribution in [2.24, 2.45) is 22.9 Å². The van der Waals surface area contributed by atoms with Gasteiger partial charge >= 0.3 is 6.09 Å². The van der Waals surface area contributed by atoms with Crippen LogP contribution in [0, 0.1) is 17.8 Å². The number of rotatable bonds is 26. The Kier molecular flexibility index (Phi) is 19.0. The number of thioether (sulfide) groups is 1. The van der Waals surface area contributed by atoms with E-state index in [1.54, 1.807) is 22.7 Å². The highest BCUT2D eigenvalue weighted by atomic mass is 35.5. The lowest BCUT2D eigenvalue weighted by atomic mass is 9.55. The van der Waals surface area contributed by atoms with Crippen molar-refractivity contribution in [2.45, 2.75) is 74.5 Å². The van der Waals surface area contributed by atoms with Gasteiger partial charge in [-0.1, -0.05) is 48.3 Å². The van der Waals surface area contributed by atoms with Gasteiger partial charge in [0.1, 0.15) is 30.8 Å². The summed E-state index contributed by atoms with van der Waals surface area (Å²) in [4.78, 5) is 22.7. The second kappa shape index (κ2) is 24.1. The highest BCUT2D eigenvalue weighted by Crippen LogP contribution is 2.62. The molecule has 1 aliphatic heterocycles. The first-order chi connectivity index (χ1) is 28.5. The van der Waals surface area contributed by atoms with E-state index in [9.17, 15) is 20.1 Å². The summed E-state index contributed by atoms with van der Waals surface area (Å²) in [5, 5.41) is 33.9. The Morgan fingerprint density at radius 3 is 2.55 bits per heavy atom. The lowest BCUT2D eigenvalue weighted by Gasteiger charge is -2.59. The van der Waals surface area contributed by atoms with E-state index in [1.807, 2.05) is 37.3 Å². The highest BCUT2D eigenvalue weighted by molar-refractivity contribution is 7.99. The third-order valence-electron chi connectivity index (χ3n) is 10.9. The zero-order valence-electron chi connectivity index (χ0n) is 33.7. The van der Waals surface area contributed by atoms with E-state index in [0.717, 1.165) is 48.3 Å². The normalized spacial score (nSPS) is 23.9. The Hall–Kier alpha value is -3.30. The number of unbranched alkanes of at least 4 members (excludes halogenated alkanes) is 2. The van der Waals surface area contributed by atoms with Crippen molar-refractivity contribution in [3.63, 3.8) is 0 Å². The lowest BCUT2D eigenvalue weighted by Crippen LogP contribution is -2.70. The average molecular weight is 845 g/mol. The molecule has 0 saturated heterocycles. The molecule has 2 aromatic carbocycles. The van der Waals surface area contributed by atoms with Crippen molar-refractivity contribution in [1.29, 1.82) is 0 Å². The summed E-state index contributed by atoms with van der Waals surface area (Å²) in [7, 11) is 0. The molecular formula is C44H61ClN2O10S. The van der Waals surface area contributed by atoms with E-state index < -0.39 is 23.8 Å². The van der Waals surface area contributed by atoms with Crippen molar-refractivity contribution in [1.82, 2.24) is 4.90 Å². The van der Waals surface area contributed by atoms with E-state index in [0.29, 0.717) is 37.5 Å². The van der Waals surface area contributed by atoms with Crippen LogP contribution in [0.3, 0.4) is 0 Å². The molecule has 0 aromatic heterocycles. The van der Waals surface area contributed by atoms with Crippen LogP contribution in [0.25, 0.3) is 0 Å². The molecule has 6 unspecified atom stereocenters. The predicted octanol–water partition coefficient (Wildman–Crippen LogP) is 7.20. The van der Waals surface area contributed by atoms with Crippen molar-refractivity contribution in [3.05, 3.63) is 78.4 Å². The van der Waals surface area contributed by atoms with Crippen LogP contribution in [-0.4, -0.2) is 121 Å². The van der Waals surface area contributed by atoms with Gasteiger partial charge in [0.05, 0.1) is 50.5 Å². The largest absolute Gasteiger partial charge is 0.493 e. The van der Waals surface area contributed by atoms with Gasteiger partial charge in [-0.25, -0.2) is 4.79 Å². The maximum Gasteiger partial charge on any atom is 0.410 e. The zero-order chi connectivity index (χ0) is 41.2. The molecule has 1 fully saturated rings. The molecule has 5 rings (SSSR count). The number of allylic oxidation sites excluding steroid dienone is 1. The fourth-order valence-electron chi connectivity index (χ4n) is 8.63. The maximum absolute atomic E-state index is 14.1. The van der Waals surface area contributed by atoms with Gasteiger partial charge in [-0.05, 0) is 80.3 Å². The second-order valence-electron chi connectivity index (χ2n) is 14.5. The number of ether oxygens (including phenoxy) is 5. The van der Waals surface area contributed by atoms with Gasteiger partial charge in [-0.15, -0.1) is 29.9 Å². The minimum Gasteiger partial charge on any atom is -0.493 e. The number of nitrogens with zero attached hydrogens (tertiary/aromatic N) is 2. The summed E-state index contributed by atoms with van der Waals surface area (Å²) in [6.07, 6.45) is 8.21. The van der Waals surface area contributed by atoms with Crippen molar-refractivity contribution in [2.75, 3.05) is 77.6 Å². The summed E-state index contributed by atoms with van der Waals surface area (Å²) in [6.45, 7) is 7.21.